The molecule has 0 bridgehead atoms. The molecule has 0 spiro atoms. The summed E-state index contributed by atoms with van der Waals surface area (Å²) in [5, 5.41) is 0. The highest BCUT2D eigenvalue weighted by molar-refractivity contribution is 7.85. The third-order valence-corrected chi connectivity index (χ3v) is 4.36. The van der Waals surface area contributed by atoms with Crippen molar-refractivity contribution in [3.63, 3.8) is 0 Å². The monoisotopic (exact) mass is 302 g/mol. The molecular formula is C17H18O3S. The van der Waals surface area contributed by atoms with Crippen molar-refractivity contribution in [2.45, 2.75) is 18.7 Å². The van der Waals surface area contributed by atoms with Crippen molar-refractivity contribution >= 4 is 16.6 Å². The molecule has 0 aliphatic rings. The Labute approximate surface area is 127 Å². The largest absolute Gasteiger partial charge is 0.493 e. The van der Waals surface area contributed by atoms with E-state index in [0.29, 0.717) is 22.8 Å². The SMILES string of the molecule is CCOc1ccccc1C(=O)CS(=O)c1ccc(C)cc1. The van der Waals surface area contributed by atoms with Crippen LogP contribution in [0.3, 0.4) is 0 Å². The van der Waals surface area contributed by atoms with Gasteiger partial charge in [0.15, 0.2) is 5.78 Å². The standard InChI is InChI=1S/C17H18O3S/c1-3-20-17-7-5-4-6-15(17)16(18)12-21(19)14-10-8-13(2)9-11-14/h4-11H,3,12H2,1-2H3. The van der Waals surface area contributed by atoms with Crippen LogP contribution in [0.5, 0.6) is 5.75 Å². The second-order valence-electron chi connectivity index (χ2n) is 4.66. The van der Waals surface area contributed by atoms with Gasteiger partial charge in [0, 0.05) is 4.90 Å². The number of rotatable bonds is 6. The Morgan fingerprint density at radius 1 is 1.10 bits per heavy atom. The molecule has 4 heteroatoms. The molecule has 2 rings (SSSR count). The molecule has 21 heavy (non-hydrogen) atoms. The third-order valence-electron chi connectivity index (χ3n) is 3.03. The van der Waals surface area contributed by atoms with Gasteiger partial charge in [0.1, 0.15) is 5.75 Å². The number of ketones is 1. The fraction of sp³-hybridized carbons (Fsp3) is 0.235. The van der Waals surface area contributed by atoms with Crippen molar-refractivity contribution in [3.8, 4) is 5.75 Å². The summed E-state index contributed by atoms with van der Waals surface area (Å²) in [5.74, 6) is 0.344. The van der Waals surface area contributed by atoms with Gasteiger partial charge in [-0.25, -0.2) is 0 Å². The maximum atomic E-state index is 12.3. The van der Waals surface area contributed by atoms with Crippen molar-refractivity contribution in [2.24, 2.45) is 0 Å². The number of ether oxygens (including phenoxy) is 1. The van der Waals surface area contributed by atoms with Gasteiger partial charge in [-0.05, 0) is 38.1 Å². The minimum Gasteiger partial charge on any atom is -0.493 e. The predicted octanol–water partition coefficient (Wildman–Crippen LogP) is 3.38. The minimum absolute atomic E-state index is 0.0346. The van der Waals surface area contributed by atoms with E-state index < -0.39 is 10.8 Å². The van der Waals surface area contributed by atoms with Crippen LogP contribution in [0.4, 0.5) is 0 Å². The number of benzene rings is 2. The molecule has 0 fully saturated rings. The van der Waals surface area contributed by atoms with Crippen LogP contribution in [0.1, 0.15) is 22.8 Å². The molecule has 0 heterocycles. The second-order valence-corrected chi connectivity index (χ2v) is 6.11. The Hall–Kier alpha value is -1.94. The Bertz CT molecular complexity index is 647. The molecule has 0 aliphatic heterocycles. The molecule has 1 unspecified atom stereocenters. The summed E-state index contributed by atoms with van der Waals surface area (Å²) >= 11 is 0. The lowest BCUT2D eigenvalue weighted by atomic mass is 10.1. The highest BCUT2D eigenvalue weighted by Gasteiger charge is 2.16. The number of carbonyl (C=O) groups is 1. The second kappa shape index (κ2) is 7.18. The lowest BCUT2D eigenvalue weighted by Crippen LogP contribution is -2.12. The van der Waals surface area contributed by atoms with Crippen molar-refractivity contribution in [2.75, 3.05) is 12.4 Å². The average Bonchev–Trinajstić information content (AvgIpc) is 2.48. The van der Waals surface area contributed by atoms with Gasteiger partial charge in [0.05, 0.1) is 28.7 Å². The number of para-hydroxylation sites is 1. The Morgan fingerprint density at radius 2 is 1.76 bits per heavy atom. The molecule has 0 amide bonds. The Morgan fingerprint density at radius 3 is 2.43 bits per heavy atom. The first kappa shape index (κ1) is 15.4. The van der Waals surface area contributed by atoms with E-state index in [2.05, 4.69) is 0 Å². The highest BCUT2D eigenvalue weighted by atomic mass is 32.2. The maximum absolute atomic E-state index is 12.3. The van der Waals surface area contributed by atoms with E-state index in [1.807, 2.05) is 32.0 Å². The topological polar surface area (TPSA) is 43.4 Å². The third kappa shape index (κ3) is 4.02. The van der Waals surface area contributed by atoms with Crippen molar-refractivity contribution in [1.29, 1.82) is 0 Å². The van der Waals surface area contributed by atoms with Crippen LogP contribution in [0.25, 0.3) is 0 Å². The molecule has 0 saturated carbocycles. The number of aryl methyl sites for hydroxylation is 1. The summed E-state index contributed by atoms with van der Waals surface area (Å²) in [7, 11) is -1.34. The van der Waals surface area contributed by atoms with Crippen molar-refractivity contribution < 1.29 is 13.7 Å². The van der Waals surface area contributed by atoms with Gasteiger partial charge in [0.25, 0.3) is 0 Å². The van der Waals surface area contributed by atoms with Crippen LogP contribution in [0.15, 0.2) is 53.4 Å². The fourth-order valence-electron chi connectivity index (χ4n) is 1.95. The number of hydrogen-bond donors (Lipinski definition) is 0. The Balaban J connectivity index is 2.14. The van der Waals surface area contributed by atoms with Crippen LogP contribution in [-0.4, -0.2) is 22.4 Å². The first-order valence-corrected chi connectivity index (χ1v) is 8.13. The minimum atomic E-state index is -1.34. The first-order chi connectivity index (χ1) is 10.1. The van der Waals surface area contributed by atoms with E-state index in [4.69, 9.17) is 4.74 Å². The number of Topliss-reactive ketones (excluding diaryl/α,β-unsaturated/α-hetero) is 1. The lowest BCUT2D eigenvalue weighted by molar-refractivity contribution is 0.101. The van der Waals surface area contributed by atoms with E-state index in [1.54, 1.807) is 30.3 Å². The van der Waals surface area contributed by atoms with Crippen LogP contribution < -0.4 is 4.74 Å². The summed E-state index contributed by atoms with van der Waals surface area (Å²) in [5.41, 5.74) is 1.59. The summed E-state index contributed by atoms with van der Waals surface area (Å²) in [6.07, 6.45) is 0. The number of carbonyl (C=O) groups excluding carboxylic acids is 1. The summed E-state index contributed by atoms with van der Waals surface area (Å²) in [6, 6.07) is 14.5. The van der Waals surface area contributed by atoms with Gasteiger partial charge in [-0.2, -0.15) is 0 Å². The Kier molecular flexibility index (Phi) is 5.28. The zero-order valence-electron chi connectivity index (χ0n) is 12.2. The van der Waals surface area contributed by atoms with Gasteiger partial charge in [-0.15, -0.1) is 0 Å². The molecule has 110 valence electrons. The van der Waals surface area contributed by atoms with E-state index >= 15 is 0 Å². The van der Waals surface area contributed by atoms with Gasteiger partial charge >= 0.3 is 0 Å². The predicted molar refractivity (Wildman–Crippen MR) is 84.4 cm³/mol. The molecule has 2 aromatic carbocycles. The van der Waals surface area contributed by atoms with Crippen LogP contribution in [0.2, 0.25) is 0 Å². The van der Waals surface area contributed by atoms with E-state index in [0.717, 1.165) is 5.56 Å². The molecular weight excluding hydrogens is 284 g/mol. The summed E-state index contributed by atoms with van der Waals surface area (Å²) in [4.78, 5) is 13.0. The number of hydrogen-bond acceptors (Lipinski definition) is 3. The average molecular weight is 302 g/mol. The smallest absolute Gasteiger partial charge is 0.179 e. The van der Waals surface area contributed by atoms with Crippen molar-refractivity contribution in [1.82, 2.24) is 0 Å². The van der Waals surface area contributed by atoms with E-state index in [9.17, 15) is 9.00 Å². The molecule has 2 aromatic rings. The van der Waals surface area contributed by atoms with Crippen LogP contribution >= 0.6 is 0 Å². The summed E-state index contributed by atoms with van der Waals surface area (Å²) in [6.45, 7) is 4.33. The van der Waals surface area contributed by atoms with Crippen molar-refractivity contribution in [3.05, 3.63) is 59.7 Å². The lowest BCUT2D eigenvalue weighted by Gasteiger charge is -2.09. The molecule has 0 aliphatic carbocycles. The first-order valence-electron chi connectivity index (χ1n) is 6.82. The van der Waals surface area contributed by atoms with E-state index in [1.165, 1.54) is 0 Å². The van der Waals surface area contributed by atoms with Gasteiger partial charge < -0.3 is 4.74 Å². The van der Waals surface area contributed by atoms with E-state index in [-0.39, 0.29) is 11.5 Å². The molecule has 0 saturated heterocycles. The molecule has 0 N–H and O–H groups in total. The molecule has 0 aromatic heterocycles. The van der Waals surface area contributed by atoms with Gasteiger partial charge in [0.2, 0.25) is 0 Å². The molecule has 0 radical (unpaired) electrons. The van der Waals surface area contributed by atoms with Crippen LogP contribution in [-0.2, 0) is 10.8 Å². The zero-order chi connectivity index (χ0) is 15.2. The quantitative estimate of drug-likeness (QED) is 0.768. The normalized spacial score (nSPS) is 11.9. The highest BCUT2D eigenvalue weighted by Crippen LogP contribution is 2.20. The maximum Gasteiger partial charge on any atom is 0.179 e. The van der Waals surface area contributed by atoms with Gasteiger partial charge in [-0.3, -0.25) is 9.00 Å². The summed E-state index contributed by atoms with van der Waals surface area (Å²) < 4.78 is 17.7. The molecule has 3 nitrogen and oxygen atoms in total. The zero-order valence-corrected chi connectivity index (χ0v) is 13.0. The molecule has 1 atom stereocenters. The van der Waals surface area contributed by atoms with Crippen LogP contribution in [0, 0.1) is 6.92 Å². The van der Waals surface area contributed by atoms with Gasteiger partial charge in [-0.1, -0.05) is 29.8 Å². The fourth-order valence-corrected chi connectivity index (χ4v) is 2.95.